The van der Waals surface area contributed by atoms with E-state index in [1.807, 2.05) is 30.3 Å². The molecule has 0 fully saturated rings. The van der Waals surface area contributed by atoms with Crippen molar-refractivity contribution in [3.8, 4) is 0 Å². The highest BCUT2D eigenvalue weighted by Crippen LogP contribution is 2.08. The Morgan fingerprint density at radius 2 is 1.86 bits per heavy atom. The van der Waals surface area contributed by atoms with Crippen LogP contribution in [0.2, 0.25) is 5.02 Å². The van der Waals surface area contributed by atoms with Crippen LogP contribution >= 0.6 is 11.6 Å². The minimum absolute atomic E-state index is 0.201. The van der Waals surface area contributed by atoms with Crippen molar-refractivity contribution in [3.05, 3.63) is 59.2 Å². The SMILES string of the molecule is O=C(NCCNc1ccccn1)NCc1ccc(Cl)cc1. The fourth-order valence-corrected chi connectivity index (χ4v) is 1.81. The molecule has 1 aromatic heterocycles. The molecule has 110 valence electrons. The van der Waals surface area contributed by atoms with Gasteiger partial charge in [0.25, 0.3) is 0 Å². The quantitative estimate of drug-likeness (QED) is 0.719. The number of carbonyl (C=O) groups excluding carboxylic acids is 1. The lowest BCUT2D eigenvalue weighted by atomic mass is 10.2. The fraction of sp³-hybridized carbons (Fsp3) is 0.200. The van der Waals surface area contributed by atoms with Gasteiger partial charge in [-0.1, -0.05) is 29.8 Å². The first-order valence-electron chi connectivity index (χ1n) is 6.65. The van der Waals surface area contributed by atoms with Crippen LogP contribution in [0.4, 0.5) is 10.6 Å². The average molecular weight is 305 g/mol. The zero-order valence-electron chi connectivity index (χ0n) is 11.5. The van der Waals surface area contributed by atoms with Gasteiger partial charge in [-0.15, -0.1) is 0 Å². The lowest BCUT2D eigenvalue weighted by Crippen LogP contribution is -2.37. The van der Waals surface area contributed by atoms with Crippen LogP contribution in [0.25, 0.3) is 0 Å². The zero-order chi connectivity index (χ0) is 14.9. The number of halogens is 1. The molecule has 0 atom stereocenters. The summed E-state index contributed by atoms with van der Waals surface area (Å²) in [7, 11) is 0. The summed E-state index contributed by atoms with van der Waals surface area (Å²) >= 11 is 5.80. The maximum Gasteiger partial charge on any atom is 0.315 e. The molecule has 0 radical (unpaired) electrons. The second-order valence-electron chi connectivity index (χ2n) is 4.38. The van der Waals surface area contributed by atoms with E-state index in [4.69, 9.17) is 11.6 Å². The van der Waals surface area contributed by atoms with Crippen molar-refractivity contribution >= 4 is 23.4 Å². The molecule has 0 aliphatic rings. The summed E-state index contributed by atoms with van der Waals surface area (Å²) < 4.78 is 0. The first kappa shape index (κ1) is 15.1. The summed E-state index contributed by atoms with van der Waals surface area (Å²) in [5.41, 5.74) is 1.00. The minimum atomic E-state index is -0.201. The Morgan fingerprint density at radius 1 is 1.05 bits per heavy atom. The zero-order valence-corrected chi connectivity index (χ0v) is 12.2. The fourth-order valence-electron chi connectivity index (χ4n) is 1.68. The number of nitrogens with zero attached hydrogens (tertiary/aromatic N) is 1. The lowest BCUT2D eigenvalue weighted by Gasteiger charge is -2.09. The van der Waals surface area contributed by atoms with Gasteiger partial charge in [-0.05, 0) is 29.8 Å². The van der Waals surface area contributed by atoms with Crippen molar-refractivity contribution in [2.24, 2.45) is 0 Å². The smallest absolute Gasteiger partial charge is 0.315 e. The molecule has 2 rings (SSSR count). The van der Waals surface area contributed by atoms with E-state index in [9.17, 15) is 4.79 Å². The molecule has 0 unspecified atom stereocenters. The van der Waals surface area contributed by atoms with Crippen molar-refractivity contribution in [1.29, 1.82) is 0 Å². The number of urea groups is 1. The lowest BCUT2D eigenvalue weighted by molar-refractivity contribution is 0.241. The molecular formula is C15H17ClN4O. The van der Waals surface area contributed by atoms with E-state index >= 15 is 0 Å². The Balaban J connectivity index is 1.60. The molecule has 3 N–H and O–H groups in total. The van der Waals surface area contributed by atoms with Gasteiger partial charge in [0.05, 0.1) is 0 Å². The van der Waals surface area contributed by atoms with Gasteiger partial charge in [0, 0.05) is 30.9 Å². The number of aromatic nitrogens is 1. The van der Waals surface area contributed by atoms with E-state index in [0.717, 1.165) is 11.4 Å². The van der Waals surface area contributed by atoms with Gasteiger partial charge < -0.3 is 16.0 Å². The maximum absolute atomic E-state index is 11.6. The molecule has 0 aliphatic heterocycles. The van der Waals surface area contributed by atoms with Crippen molar-refractivity contribution < 1.29 is 4.79 Å². The van der Waals surface area contributed by atoms with Crippen molar-refractivity contribution in [2.45, 2.75) is 6.54 Å². The number of nitrogens with one attached hydrogen (secondary N) is 3. The third-order valence-corrected chi connectivity index (χ3v) is 3.00. The molecule has 1 heterocycles. The number of amides is 2. The summed E-state index contributed by atoms with van der Waals surface area (Å²) in [6.07, 6.45) is 1.72. The number of anilines is 1. The van der Waals surface area contributed by atoms with Crippen LogP contribution in [-0.2, 0) is 6.54 Å². The minimum Gasteiger partial charge on any atom is -0.368 e. The molecule has 5 nitrogen and oxygen atoms in total. The van der Waals surface area contributed by atoms with E-state index in [0.29, 0.717) is 24.7 Å². The van der Waals surface area contributed by atoms with Crippen LogP contribution in [-0.4, -0.2) is 24.1 Å². The molecular weight excluding hydrogens is 288 g/mol. The first-order chi connectivity index (χ1) is 10.2. The molecule has 2 aromatic rings. The molecule has 0 saturated carbocycles. The molecule has 6 heteroatoms. The molecule has 0 aliphatic carbocycles. The van der Waals surface area contributed by atoms with Crippen molar-refractivity contribution in [3.63, 3.8) is 0 Å². The van der Waals surface area contributed by atoms with Gasteiger partial charge in [-0.3, -0.25) is 0 Å². The van der Waals surface area contributed by atoms with Crippen LogP contribution in [0.1, 0.15) is 5.56 Å². The van der Waals surface area contributed by atoms with Gasteiger partial charge in [0.2, 0.25) is 0 Å². The van der Waals surface area contributed by atoms with Crippen LogP contribution in [0.3, 0.4) is 0 Å². The number of rotatable bonds is 6. The predicted octanol–water partition coefficient (Wildman–Crippen LogP) is 2.65. The van der Waals surface area contributed by atoms with Crippen LogP contribution in [0.5, 0.6) is 0 Å². The second kappa shape index (κ2) is 8.11. The number of carbonyl (C=O) groups is 1. The number of hydrogen-bond acceptors (Lipinski definition) is 3. The van der Waals surface area contributed by atoms with Crippen molar-refractivity contribution in [1.82, 2.24) is 15.6 Å². The average Bonchev–Trinajstić information content (AvgIpc) is 2.52. The van der Waals surface area contributed by atoms with E-state index in [-0.39, 0.29) is 6.03 Å². The summed E-state index contributed by atoms with van der Waals surface area (Å²) in [5.74, 6) is 0.792. The van der Waals surface area contributed by atoms with E-state index in [1.165, 1.54) is 0 Å². The summed E-state index contributed by atoms with van der Waals surface area (Å²) in [6, 6.07) is 12.8. The Kier molecular flexibility index (Phi) is 5.84. The van der Waals surface area contributed by atoms with E-state index in [2.05, 4.69) is 20.9 Å². The number of benzene rings is 1. The topological polar surface area (TPSA) is 66.0 Å². The van der Waals surface area contributed by atoms with Crippen molar-refractivity contribution in [2.75, 3.05) is 18.4 Å². The van der Waals surface area contributed by atoms with Crippen LogP contribution < -0.4 is 16.0 Å². The summed E-state index contributed by atoms with van der Waals surface area (Å²) in [5, 5.41) is 9.34. The second-order valence-corrected chi connectivity index (χ2v) is 4.81. The maximum atomic E-state index is 11.6. The predicted molar refractivity (Wildman–Crippen MR) is 84.4 cm³/mol. The summed E-state index contributed by atoms with van der Waals surface area (Å²) in [4.78, 5) is 15.7. The molecule has 2 amide bonds. The molecule has 21 heavy (non-hydrogen) atoms. The largest absolute Gasteiger partial charge is 0.368 e. The third kappa shape index (κ3) is 5.71. The monoisotopic (exact) mass is 304 g/mol. The molecule has 1 aromatic carbocycles. The Bertz CT molecular complexity index is 560. The van der Waals surface area contributed by atoms with Gasteiger partial charge in [-0.25, -0.2) is 9.78 Å². The molecule has 0 spiro atoms. The number of pyridine rings is 1. The number of hydrogen-bond donors (Lipinski definition) is 3. The van der Waals surface area contributed by atoms with E-state index in [1.54, 1.807) is 18.3 Å². The van der Waals surface area contributed by atoms with Gasteiger partial charge in [0.1, 0.15) is 5.82 Å². The molecule has 0 saturated heterocycles. The summed E-state index contributed by atoms with van der Waals surface area (Å²) in [6.45, 7) is 1.60. The standard InChI is InChI=1S/C15H17ClN4O/c16-13-6-4-12(5-7-13)11-20-15(21)19-10-9-18-14-3-1-2-8-17-14/h1-8H,9-11H2,(H,17,18)(H2,19,20,21). The highest BCUT2D eigenvalue weighted by atomic mass is 35.5. The van der Waals surface area contributed by atoms with Crippen LogP contribution in [0.15, 0.2) is 48.7 Å². The normalized spacial score (nSPS) is 9.95. The van der Waals surface area contributed by atoms with Gasteiger partial charge in [-0.2, -0.15) is 0 Å². The van der Waals surface area contributed by atoms with Gasteiger partial charge >= 0.3 is 6.03 Å². The highest BCUT2D eigenvalue weighted by molar-refractivity contribution is 6.30. The Morgan fingerprint density at radius 3 is 2.57 bits per heavy atom. The molecule has 0 bridgehead atoms. The third-order valence-electron chi connectivity index (χ3n) is 2.75. The Hall–Kier alpha value is -2.27. The van der Waals surface area contributed by atoms with E-state index < -0.39 is 0 Å². The van der Waals surface area contributed by atoms with Crippen LogP contribution in [0, 0.1) is 0 Å². The Labute approximate surface area is 128 Å². The highest BCUT2D eigenvalue weighted by Gasteiger charge is 2.00. The van der Waals surface area contributed by atoms with Gasteiger partial charge in [0.15, 0.2) is 0 Å². The first-order valence-corrected chi connectivity index (χ1v) is 7.03.